The van der Waals surface area contributed by atoms with E-state index < -0.39 is 0 Å². The van der Waals surface area contributed by atoms with Crippen LogP contribution in [0.2, 0.25) is 0 Å². The number of carbonyl (C=O) groups is 1. The normalized spacial score (nSPS) is 23.2. The van der Waals surface area contributed by atoms with Crippen molar-refractivity contribution < 1.29 is 4.79 Å². The average Bonchev–Trinajstić information content (AvgIpc) is 2.38. The van der Waals surface area contributed by atoms with Gasteiger partial charge in [0.2, 0.25) is 5.91 Å². The summed E-state index contributed by atoms with van der Waals surface area (Å²) in [5.41, 5.74) is 2.02. The number of benzene rings is 1. The van der Waals surface area contributed by atoms with E-state index in [9.17, 15) is 4.79 Å². The summed E-state index contributed by atoms with van der Waals surface area (Å²) in [5, 5.41) is 2.75. The predicted molar refractivity (Wildman–Crippen MR) is 80.9 cm³/mol. The predicted octanol–water partition coefficient (Wildman–Crippen LogP) is 3.35. The Kier molecular flexibility index (Phi) is 4.70. The molecule has 3 nitrogen and oxygen atoms in total. The molecule has 104 valence electrons. The first-order valence-corrected chi connectivity index (χ1v) is 7.32. The molecule has 1 fully saturated rings. The van der Waals surface area contributed by atoms with Gasteiger partial charge in [-0.15, -0.1) is 11.6 Å². The van der Waals surface area contributed by atoms with E-state index in [-0.39, 0.29) is 11.8 Å². The van der Waals surface area contributed by atoms with Crippen LogP contribution in [0.3, 0.4) is 0 Å². The van der Waals surface area contributed by atoms with Crippen LogP contribution in [0.15, 0.2) is 24.3 Å². The Bertz CT molecular complexity index is 422. The van der Waals surface area contributed by atoms with Gasteiger partial charge in [-0.1, -0.05) is 13.8 Å². The van der Waals surface area contributed by atoms with Crippen LogP contribution < -0.4 is 10.2 Å². The summed E-state index contributed by atoms with van der Waals surface area (Å²) in [6, 6.07) is 8.00. The minimum absolute atomic E-state index is 0.0110. The van der Waals surface area contributed by atoms with Gasteiger partial charge in [0.25, 0.3) is 0 Å². The molecule has 1 amide bonds. The molecule has 0 aliphatic carbocycles. The highest BCUT2D eigenvalue weighted by Gasteiger charge is 2.21. The molecular weight excluding hydrogens is 260 g/mol. The largest absolute Gasteiger partial charge is 0.371 e. The van der Waals surface area contributed by atoms with Gasteiger partial charge in [0, 0.05) is 24.5 Å². The van der Waals surface area contributed by atoms with E-state index in [2.05, 4.69) is 36.2 Å². The fourth-order valence-corrected chi connectivity index (χ4v) is 2.89. The number of nitrogens with zero attached hydrogens (tertiary/aromatic N) is 1. The smallest absolute Gasteiger partial charge is 0.239 e. The number of halogens is 1. The van der Waals surface area contributed by atoms with Crippen LogP contribution >= 0.6 is 11.6 Å². The molecule has 0 bridgehead atoms. The molecule has 1 aliphatic heterocycles. The van der Waals surface area contributed by atoms with E-state index >= 15 is 0 Å². The second-order valence-corrected chi connectivity index (χ2v) is 5.85. The van der Waals surface area contributed by atoms with Crippen LogP contribution in [0.5, 0.6) is 0 Å². The fraction of sp³-hybridized carbons (Fsp3) is 0.533. The molecule has 0 aromatic heterocycles. The summed E-state index contributed by atoms with van der Waals surface area (Å²) in [6.45, 7) is 6.82. The van der Waals surface area contributed by atoms with Crippen molar-refractivity contribution in [1.82, 2.24) is 0 Å². The molecular formula is C15H21ClN2O. The van der Waals surface area contributed by atoms with E-state index in [1.807, 2.05) is 12.1 Å². The van der Waals surface area contributed by atoms with Gasteiger partial charge in [-0.3, -0.25) is 4.79 Å². The Morgan fingerprint density at radius 1 is 1.26 bits per heavy atom. The Balaban J connectivity index is 2.03. The zero-order chi connectivity index (χ0) is 13.8. The van der Waals surface area contributed by atoms with Crippen molar-refractivity contribution in [3.05, 3.63) is 24.3 Å². The van der Waals surface area contributed by atoms with Crippen molar-refractivity contribution in [2.45, 2.75) is 20.3 Å². The summed E-state index contributed by atoms with van der Waals surface area (Å²) in [4.78, 5) is 13.6. The quantitative estimate of drug-likeness (QED) is 0.861. The summed E-state index contributed by atoms with van der Waals surface area (Å²) in [7, 11) is 0. The first kappa shape index (κ1) is 14.2. The SMILES string of the molecule is C[C@H]1C[C@H](C)CN(c2ccc(NC(=O)CCl)cc2)C1. The first-order valence-electron chi connectivity index (χ1n) is 6.79. The zero-order valence-electron chi connectivity index (χ0n) is 11.5. The Labute approximate surface area is 119 Å². The van der Waals surface area contributed by atoms with Gasteiger partial charge < -0.3 is 10.2 Å². The maximum atomic E-state index is 11.2. The number of amides is 1. The number of nitrogens with one attached hydrogen (secondary N) is 1. The number of anilines is 2. The van der Waals surface area contributed by atoms with Crippen LogP contribution in [0.4, 0.5) is 11.4 Å². The molecule has 2 rings (SSSR count). The lowest BCUT2D eigenvalue weighted by Gasteiger charge is -2.36. The highest BCUT2D eigenvalue weighted by Crippen LogP contribution is 2.27. The van der Waals surface area contributed by atoms with Gasteiger partial charge in [0.15, 0.2) is 0 Å². The summed E-state index contributed by atoms with van der Waals surface area (Å²) < 4.78 is 0. The van der Waals surface area contributed by atoms with E-state index in [0.717, 1.165) is 30.6 Å². The minimum Gasteiger partial charge on any atom is -0.371 e. The molecule has 1 aromatic carbocycles. The lowest BCUT2D eigenvalue weighted by atomic mass is 9.91. The van der Waals surface area contributed by atoms with Crippen LogP contribution in [-0.4, -0.2) is 24.9 Å². The standard InChI is InChI=1S/C15H21ClN2O/c1-11-7-12(2)10-18(9-11)14-5-3-13(4-6-14)17-15(19)8-16/h3-6,11-12H,7-10H2,1-2H3,(H,17,19)/t11-,12-/m0/s1. The fourth-order valence-electron chi connectivity index (χ4n) is 2.82. The van der Waals surface area contributed by atoms with Gasteiger partial charge in [-0.2, -0.15) is 0 Å². The molecule has 0 saturated carbocycles. The molecule has 4 heteroatoms. The summed E-state index contributed by atoms with van der Waals surface area (Å²) >= 11 is 5.47. The van der Waals surface area contributed by atoms with Crippen molar-refractivity contribution >= 4 is 28.9 Å². The molecule has 1 aliphatic rings. The number of hydrogen-bond donors (Lipinski definition) is 1. The average molecular weight is 281 g/mol. The van der Waals surface area contributed by atoms with Gasteiger partial charge in [-0.05, 0) is 42.5 Å². The maximum Gasteiger partial charge on any atom is 0.239 e. The van der Waals surface area contributed by atoms with E-state index in [0.29, 0.717) is 0 Å². The molecule has 2 atom stereocenters. The highest BCUT2D eigenvalue weighted by molar-refractivity contribution is 6.29. The maximum absolute atomic E-state index is 11.2. The third kappa shape index (κ3) is 3.87. The second-order valence-electron chi connectivity index (χ2n) is 5.58. The molecule has 0 radical (unpaired) electrons. The molecule has 19 heavy (non-hydrogen) atoms. The molecule has 0 unspecified atom stereocenters. The Morgan fingerprint density at radius 3 is 2.37 bits per heavy atom. The van der Waals surface area contributed by atoms with Gasteiger partial charge >= 0.3 is 0 Å². The van der Waals surface area contributed by atoms with Crippen LogP contribution in [0.1, 0.15) is 20.3 Å². The summed E-state index contributed by atoms with van der Waals surface area (Å²) in [5.74, 6) is 1.29. The van der Waals surface area contributed by atoms with Gasteiger partial charge in [-0.25, -0.2) is 0 Å². The first-order chi connectivity index (χ1) is 9.08. The van der Waals surface area contributed by atoms with E-state index in [1.54, 1.807) is 0 Å². The molecule has 1 heterocycles. The number of hydrogen-bond acceptors (Lipinski definition) is 2. The van der Waals surface area contributed by atoms with Crippen LogP contribution in [0, 0.1) is 11.8 Å². The lowest BCUT2D eigenvalue weighted by molar-refractivity contribution is -0.113. The van der Waals surface area contributed by atoms with Crippen molar-refractivity contribution in [3.63, 3.8) is 0 Å². The van der Waals surface area contributed by atoms with Crippen LogP contribution in [0.25, 0.3) is 0 Å². The second kappa shape index (κ2) is 6.29. The Hall–Kier alpha value is -1.22. The zero-order valence-corrected chi connectivity index (χ0v) is 12.3. The topological polar surface area (TPSA) is 32.3 Å². The van der Waals surface area contributed by atoms with Crippen molar-refractivity contribution in [2.24, 2.45) is 11.8 Å². The minimum atomic E-state index is -0.172. The molecule has 1 saturated heterocycles. The van der Waals surface area contributed by atoms with Crippen molar-refractivity contribution in [3.8, 4) is 0 Å². The van der Waals surface area contributed by atoms with Crippen molar-refractivity contribution in [2.75, 3.05) is 29.2 Å². The highest BCUT2D eigenvalue weighted by atomic mass is 35.5. The van der Waals surface area contributed by atoms with E-state index in [4.69, 9.17) is 11.6 Å². The Morgan fingerprint density at radius 2 is 1.84 bits per heavy atom. The number of alkyl halides is 1. The third-order valence-corrected chi connectivity index (χ3v) is 3.75. The van der Waals surface area contributed by atoms with Gasteiger partial charge in [0.1, 0.15) is 5.88 Å². The van der Waals surface area contributed by atoms with Gasteiger partial charge in [0.05, 0.1) is 0 Å². The molecule has 1 N–H and O–H groups in total. The number of rotatable bonds is 3. The van der Waals surface area contributed by atoms with E-state index in [1.165, 1.54) is 12.1 Å². The monoisotopic (exact) mass is 280 g/mol. The molecule has 0 spiro atoms. The number of piperidine rings is 1. The van der Waals surface area contributed by atoms with Crippen molar-refractivity contribution in [1.29, 1.82) is 0 Å². The lowest BCUT2D eigenvalue weighted by Crippen LogP contribution is -2.38. The summed E-state index contributed by atoms with van der Waals surface area (Å²) in [6.07, 6.45) is 1.31. The number of carbonyl (C=O) groups excluding carboxylic acids is 1. The van der Waals surface area contributed by atoms with Crippen LogP contribution in [-0.2, 0) is 4.79 Å². The third-order valence-electron chi connectivity index (χ3n) is 3.51. The molecule has 1 aromatic rings.